The Morgan fingerprint density at radius 3 is 2.53 bits per heavy atom. The van der Waals surface area contributed by atoms with Gasteiger partial charge in [0.2, 0.25) is 0 Å². The van der Waals surface area contributed by atoms with Crippen LogP contribution in [0.4, 0.5) is 4.79 Å². The standard InChI is InChI=1S/C24H31N3O3/c1-5-15-7-6-8-17-18(13-25-20(15)17)19(28)14-27-21(29)24(26-22(27)30)11-9-16(10-12-24)23(2,3)4/h6-8,13,16,25H,5,9-12,14H2,1-4H3,(H,26,30). The number of aromatic amines is 1. The number of amides is 3. The fourth-order valence-electron chi connectivity index (χ4n) is 5.11. The zero-order valence-electron chi connectivity index (χ0n) is 18.3. The van der Waals surface area contributed by atoms with Crippen LogP contribution in [0.2, 0.25) is 0 Å². The van der Waals surface area contributed by atoms with Crippen molar-refractivity contribution in [2.45, 2.75) is 65.3 Å². The molecule has 3 amide bonds. The van der Waals surface area contributed by atoms with Crippen molar-refractivity contribution < 1.29 is 14.4 Å². The number of imide groups is 1. The lowest BCUT2D eigenvalue weighted by molar-refractivity contribution is -0.132. The fraction of sp³-hybridized carbons (Fsp3) is 0.542. The minimum atomic E-state index is -0.839. The van der Waals surface area contributed by atoms with E-state index in [0.717, 1.165) is 40.6 Å². The summed E-state index contributed by atoms with van der Waals surface area (Å²) < 4.78 is 0. The number of fused-ring (bicyclic) bond motifs is 1. The molecule has 2 fully saturated rings. The topological polar surface area (TPSA) is 82.3 Å². The van der Waals surface area contributed by atoms with Gasteiger partial charge in [0, 0.05) is 22.7 Å². The molecular weight excluding hydrogens is 378 g/mol. The van der Waals surface area contributed by atoms with Crippen molar-refractivity contribution in [1.29, 1.82) is 0 Å². The van der Waals surface area contributed by atoms with E-state index in [1.54, 1.807) is 6.20 Å². The van der Waals surface area contributed by atoms with Gasteiger partial charge < -0.3 is 10.3 Å². The number of benzene rings is 1. The summed E-state index contributed by atoms with van der Waals surface area (Å²) in [5, 5.41) is 3.76. The third kappa shape index (κ3) is 3.32. The Hall–Kier alpha value is -2.63. The molecule has 6 heteroatoms. The van der Waals surface area contributed by atoms with E-state index in [1.807, 2.05) is 18.2 Å². The molecule has 30 heavy (non-hydrogen) atoms. The second-order valence-corrected chi connectivity index (χ2v) is 9.86. The average molecular weight is 410 g/mol. The average Bonchev–Trinajstić information content (AvgIpc) is 3.23. The predicted molar refractivity (Wildman–Crippen MR) is 116 cm³/mol. The van der Waals surface area contributed by atoms with Crippen molar-refractivity contribution in [3.8, 4) is 0 Å². The largest absolute Gasteiger partial charge is 0.360 e. The van der Waals surface area contributed by atoms with Crippen LogP contribution in [0.1, 0.15) is 69.3 Å². The number of carbonyl (C=O) groups excluding carboxylic acids is 3. The first kappa shape index (κ1) is 20.6. The Balaban J connectivity index is 1.51. The molecule has 1 spiro atoms. The van der Waals surface area contributed by atoms with Crippen molar-refractivity contribution in [3.05, 3.63) is 35.5 Å². The number of nitrogens with zero attached hydrogens (tertiary/aromatic N) is 1. The van der Waals surface area contributed by atoms with Crippen LogP contribution >= 0.6 is 0 Å². The van der Waals surface area contributed by atoms with E-state index in [2.05, 4.69) is 38.0 Å². The highest BCUT2D eigenvalue weighted by molar-refractivity contribution is 6.14. The van der Waals surface area contributed by atoms with Crippen LogP contribution < -0.4 is 5.32 Å². The Labute approximate surface area is 177 Å². The Bertz CT molecular complexity index is 1010. The van der Waals surface area contributed by atoms with Gasteiger partial charge in [-0.1, -0.05) is 45.9 Å². The maximum absolute atomic E-state index is 13.2. The number of para-hydroxylation sites is 1. The van der Waals surface area contributed by atoms with E-state index in [0.29, 0.717) is 24.3 Å². The van der Waals surface area contributed by atoms with Gasteiger partial charge in [-0.15, -0.1) is 0 Å². The van der Waals surface area contributed by atoms with E-state index in [4.69, 9.17) is 0 Å². The quantitative estimate of drug-likeness (QED) is 0.578. The summed E-state index contributed by atoms with van der Waals surface area (Å²) in [4.78, 5) is 43.2. The number of rotatable bonds is 4. The summed E-state index contributed by atoms with van der Waals surface area (Å²) in [6.45, 7) is 8.51. The molecule has 160 valence electrons. The van der Waals surface area contributed by atoms with Gasteiger partial charge >= 0.3 is 6.03 Å². The molecule has 1 aliphatic carbocycles. The summed E-state index contributed by atoms with van der Waals surface area (Å²) in [6.07, 6.45) is 5.62. The number of urea groups is 1. The van der Waals surface area contributed by atoms with Crippen molar-refractivity contribution >= 4 is 28.6 Å². The molecule has 2 heterocycles. The zero-order valence-corrected chi connectivity index (χ0v) is 18.3. The van der Waals surface area contributed by atoms with E-state index in [-0.39, 0.29) is 23.7 Å². The van der Waals surface area contributed by atoms with Gasteiger partial charge in [-0.3, -0.25) is 14.5 Å². The van der Waals surface area contributed by atoms with E-state index in [9.17, 15) is 14.4 Å². The first-order valence-corrected chi connectivity index (χ1v) is 10.9. The van der Waals surface area contributed by atoms with Crippen LogP contribution in [-0.4, -0.2) is 39.7 Å². The minimum Gasteiger partial charge on any atom is -0.360 e. The molecule has 1 aromatic heterocycles. The predicted octanol–water partition coefficient (Wildman–Crippen LogP) is 4.44. The third-order valence-electron chi connectivity index (χ3n) is 7.09. The summed E-state index contributed by atoms with van der Waals surface area (Å²) >= 11 is 0. The van der Waals surface area contributed by atoms with Crippen molar-refractivity contribution in [3.63, 3.8) is 0 Å². The first-order chi connectivity index (χ1) is 14.2. The molecule has 4 rings (SSSR count). The van der Waals surface area contributed by atoms with Crippen LogP contribution in [-0.2, 0) is 11.2 Å². The van der Waals surface area contributed by atoms with E-state index in [1.165, 1.54) is 0 Å². The molecule has 1 saturated heterocycles. The second kappa shape index (κ2) is 7.25. The number of nitrogens with one attached hydrogen (secondary N) is 2. The van der Waals surface area contributed by atoms with Crippen molar-refractivity contribution in [2.75, 3.05) is 6.54 Å². The van der Waals surface area contributed by atoms with Crippen molar-refractivity contribution in [1.82, 2.24) is 15.2 Å². The maximum atomic E-state index is 13.2. The molecule has 0 atom stereocenters. The van der Waals surface area contributed by atoms with Gasteiger partial charge in [0.05, 0.1) is 6.54 Å². The molecule has 6 nitrogen and oxygen atoms in total. The third-order valence-corrected chi connectivity index (χ3v) is 7.09. The van der Waals surface area contributed by atoms with Gasteiger partial charge in [0.15, 0.2) is 5.78 Å². The number of hydrogen-bond donors (Lipinski definition) is 2. The molecule has 1 aromatic carbocycles. The highest BCUT2D eigenvalue weighted by Gasteiger charge is 2.53. The molecule has 0 unspecified atom stereocenters. The Morgan fingerprint density at radius 2 is 1.90 bits per heavy atom. The first-order valence-electron chi connectivity index (χ1n) is 10.9. The molecule has 0 bridgehead atoms. The fourth-order valence-corrected chi connectivity index (χ4v) is 5.11. The molecule has 2 N–H and O–H groups in total. The summed E-state index contributed by atoms with van der Waals surface area (Å²) in [5.74, 6) is 0.0585. The van der Waals surface area contributed by atoms with Gasteiger partial charge in [-0.05, 0) is 49.0 Å². The number of Topliss-reactive ketones (excluding diaryl/α,β-unsaturated/α-hetero) is 1. The molecule has 2 aliphatic rings. The second-order valence-electron chi connectivity index (χ2n) is 9.86. The van der Waals surface area contributed by atoms with Gasteiger partial charge in [0.25, 0.3) is 5.91 Å². The van der Waals surface area contributed by atoms with Crippen LogP contribution in [0.15, 0.2) is 24.4 Å². The normalized spacial score (nSPS) is 24.7. The smallest absolute Gasteiger partial charge is 0.325 e. The monoisotopic (exact) mass is 409 g/mol. The Morgan fingerprint density at radius 1 is 1.20 bits per heavy atom. The van der Waals surface area contributed by atoms with Crippen LogP contribution in [0.5, 0.6) is 0 Å². The maximum Gasteiger partial charge on any atom is 0.325 e. The lowest BCUT2D eigenvalue weighted by atomic mass is 9.67. The van der Waals surface area contributed by atoms with Crippen LogP contribution in [0.25, 0.3) is 10.9 Å². The number of carbonyl (C=O) groups is 3. The van der Waals surface area contributed by atoms with Crippen LogP contribution in [0, 0.1) is 11.3 Å². The molecular formula is C24H31N3O3. The summed E-state index contributed by atoms with van der Waals surface area (Å²) in [7, 11) is 0. The number of aryl methyl sites for hydroxylation is 1. The number of hydrogen-bond acceptors (Lipinski definition) is 3. The van der Waals surface area contributed by atoms with E-state index >= 15 is 0 Å². The number of aromatic nitrogens is 1. The molecule has 0 radical (unpaired) electrons. The lowest BCUT2D eigenvalue weighted by Crippen LogP contribution is -2.50. The Kier molecular flexibility index (Phi) is 4.99. The summed E-state index contributed by atoms with van der Waals surface area (Å²) in [6, 6.07) is 5.42. The highest BCUT2D eigenvalue weighted by atomic mass is 16.2. The zero-order chi connectivity index (χ0) is 21.7. The molecule has 1 saturated carbocycles. The molecule has 1 aliphatic heterocycles. The lowest BCUT2D eigenvalue weighted by Gasteiger charge is -2.40. The SMILES string of the molecule is CCc1cccc2c(C(=O)CN3C(=O)NC4(CCC(C(C)(C)C)CC4)C3=O)c[nH]c12. The number of H-pyrrole nitrogens is 1. The van der Waals surface area contributed by atoms with Gasteiger partial charge in [0.1, 0.15) is 5.54 Å². The van der Waals surface area contributed by atoms with Crippen LogP contribution in [0.3, 0.4) is 0 Å². The van der Waals surface area contributed by atoms with E-state index < -0.39 is 11.6 Å². The summed E-state index contributed by atoms with van der Waals surface area (Å²) in [5.41, 5.74) is 1.96. The number of ketones is 1. The molecule has 2 aromatic rings. The van der Waals surface area contributed by atoms with Crippen molar-refractivity contribution in [2.24, 2.45) is 11.3 Å². The minimum absolute atomic E-state index is 0.190. The highest BCUT2D eigenvalue weighted by Crippen LogP contribution is 2.43. The van der Waals surface area contributed by atoms with Gasteiger partial charge in [-0.2, -0.15) is 0 Å². The van der Waals surface area contributed by atoms with Gasteiger partial charge in [-0.25, -0.2) is 4.79 Å².